The molecule has 3 atom stereocenters. The molecule has 1 aliphatic heterocycles. The van der Waals surface area contributed by atoms with Crippen LogP contribution in [0.4, 0.5) is 22.0 Å². The Morgan fingerprint density at radius 1 is 1.32 bits per heavy atom. The zero-order chi connectivity index (χ0) is 16.5. The van der Waals surface area contributed by atoms with Crippen molar-refractivity contribution in [1.29, 1.82) is 0 Å². The quantitative estimate of drug-likeness (QED) is 0.699. The smallest absolute Gasteiger partial charge is 0.333 e. The van der Waals surface area contributed by atoms with E-state index in [1.54, 1.807) is 6.92 Å². The van der Waals surface area contributed by atoms with Crippen molar-refractivity contribution < 1.29 is 26.7 Å². The van der Waals surface area contributed by atoms with E-state index in [1.807, 2.05) is 0 Å². The molecule has 0 spiro atoms. The normalized spacial score (nSPS) is 30.7. The van der Waals surface area contributed by atoms with E-state index in [0.29, 0.717) is 12.8 Å². The van der Waals surface area contributed by atoms with Crippen LogP contribution in [0, 0.1) is 17.8 Å². The monoisotopic (exact) mass is 323 g/mol. The second-order valence-electron chi connectivity index (χ2n) is 5.98. The minimum absolute atomic E-state index is 0.0112. The largest absolute Gasteiger partial charge is 0.406 e. The Morgan fingerprint density at radius 3 is 2.64 bits per heavy atom. The summed E-state index contributed by atoms with van der Waals surface area (Å²) in [6.45, 7) is 0.170. The summed E-state index contributed by atoms with van der Waals surface area (Å²) >= 11 is 0. The molecule has 1 saturated heterocycles. The number of carbonyl (C=O) groups is 1. The van der Waals surface area contributed by atoms with Crippen LogP contribution in [0.5, 0.6) is 0 Å². The van der Waals surface area contributed by atoms with Gasteiger partial charge in [-0.15, -0.1) is 0 Å². The van der Waals surface area contributed by atoms with Crippen molar-refractivity contribution in [2.75, 3.05) is 13.1 Å². The number of nitrogens with zero attached hydrogens (tertiary/aromatic N) is 1. The summed E-state index contributed by atoms with van der Waals surface area (Å²) in [4.78, 5) is 12.5. The lowest BCUT2D eigenvalue weighted by Crippen LogP contribution is -2.42. The maximum absolute atomic E-state index is 14.1. The molecule has 3 unspecified atom stereocenters. The zero-order valence-electron chi connectivity index (χ0n) is 12.2. The third-order valence-electron chi connectivity index (χ3n) is 4.28. The van der Waals surface area contributed by atoms with Gasteiger partial charge < -0.3 is 4.90 Å². The lowest BCUT2D eigenvalue weighted by Gasteiger charge is -2.33. The molecule has 1 amide bonds. The Bertz CT molecular complexity index is 497. The van der Waals surface area contributed by atoms with Gasteiger partial charge in [-0.25, -0.2) is 8.78 Å². The summed E-state index contributed by atoms with van der Waals surface area (Å²) in [5.41, 5.74) is 0. The van der Waals surface area contributed by atoms with Crippen LogP contribution in [0.3, 0.4) is 0 Å². The number of hydrogen-bond donors (Lipinski definition) is 0. The Kier molecular flexibility index (Phi) is 4.92. The second kappa shape index (κ2) is 6.38. The Morgan fingerprint density at radius 2 is 2.00 bits per heavy atom. The van der Waals surface area contributed by atoms with E-state index < -0.39 is 42.1 Å². The fourth-order valence-electron chi connectivity index (χ4n) is 3.27. The lowest BCUT2D eigenvalue weighted by atomic mass is 9.77. The first-order valence-corrected chi connectivity index (χ1v) is 7.27. The van der Waals surface area contributed by atoms with Gasteiger partial charge in [0.25, 0.3) is 0 Å². The van der Waals surface area contributed by atoms with Crippen LogP contribution in [-0.2, 0) is 4.79 Å². The van der Waals surface area contributed by atoms with E-state index in [-0.39, 0.29) is 18.9 Å². The van der Waals surface area contributed by atoms with Crippen molar-refractivity contribution >= 4 is 5.91 Å². The highest BCUT2D eigenvalue weighted by molar-refractivity contribution is 5.76. The number of halogens is 5. The summed E-state index contributed by atoms with van der Waals surface area (Å²) in [6, 6.07) is 0. The number of carbonyl (C=O) groups excluding carboxylic acids is 1. The van der Waals surface area contributed by atoms with Crippen LogP contribution < -0.4 is 0 Å². The molecule has 2 rings (SSSR count). The van der Waals surface area contributed by atoms with Crippen LogP contribution in [0.2, 0.25) is 0 Å². The van der Waals surface area contributed by atoms with Gasteiger partial charge in [-0.2, -0.15) is 13.2 Å². The molecule has 1 heterocycles. The van der Waals surface area contributed by atoms with Gasteiger partial charge in [-0.3, -0.25) is 4.79 Å². The van der Waals surface area contributed by atoms with E-state index >= 15 is 0 Å². The van der Waals surface area contributed by atoms with Crippen molar-refractivity contribution in [3.05, 3.63) is 23.8 Å². The average molecular weight is 323 g/mol. The SMILES string of the molecule is CC1C=CC(F)=C(F)C1C1CCCC(=O)N(CC(F)(F)F)C1. The average Bonchev–Trinajstić information content (AvgIpc) is 2.56. The predicted octanol–water partition coefficient (Wildman–Crippen LogP) is 4.15. The molecule has 0 saturated carbocycles. The maximum Gasteiger partial charge on any atom is 0.406 e. The summed E-state index contributed by atoms with van der Waals surface area (Å²) in [7, 11) is 0. The van der Waals surface area contributed by atoms with Crippen LogP contribution in [0.25, 0.3) is 0 Å². The van der Waals surface area contributed by atoms with E-state index in [1.165, 1.54) is 6.08 Å². The van der Waals surface area contributed by atoms with Gasteiger partial charge in [0.05, 0.1) is 0 Å². The Hall–Kier alpha value is -1.40. The van der Waals surface area contributed by atoms with Crippen LogP contribution in [0.1, 0.15) is 26.2 Å². The van der Waals surface area contributed by atoms with E-state index in [2.05, 4.69) is 0 Å². The van der Waals surface area contributed by atoms with Crippen molar-refractivity contribution in [2.45, 2.75) is 32.4 Å². The first kappa shape index (κ1) is 17.0. The molecule has 124 valence electrons. The second-order valence-corrected chi connectivity index (χ2v) is 5.98. The van der Waals surface area contributed by atoms with Gasteiger partial charge in [0.1, 0.15) is 12.4 Å². The summed E-state index contributed by atoms with van der Waals surface area (Å²) in [5, 5.41) is 0. The van der Waals surface area contributed by atoms with Gasteiger partial charge in [-0.05, 0) is 30.8 Å². The molecule has 0 aromatic heterocycles. The standard InChI is InChI=1S/C15H18F5NO/c1-9-5-6-11(16)14(17)13(9)10-3-2-4-12(22)21(7-10)8-15(18,19)20/h5-6,9-10,13H,2-4,7-8H2,1H3. The fourth-order valence-corrected chi connectivity index (χ4v) is 3.27. The molecule has 1 aliphatic carbocycles. The molecule has 0 bridgehead atoms. The minimum Gasteiger partial charge on any atom is -0.333 e. The molecule has 0 aromatic rings. The van der Waals surface area contributed by atoms with E-state index in [9.17, 15) is 26.7 Å². The fraction of sp³-hybridized carbons (Fsp3) is 0.667. The number of rotatable bonds is 2. The molecular weight excluding hydrogens is 305 g/mol. The highest BCUT2D eigenvalue weighted by Gasteiger charge is 2.40. The number of likely N-dealkylation sites (tertiary alicyclic amines) is 1. The van der Waals surface area contributed by atoms with Gasteiger partial charge in [0.15, 0.2) is 5.83 Å². The number of allylic oxidation sites excluding steroid dienone is 4. The predicted molar refractivity (Wildman–Crippen MR) is 71.0 cm³/mol. The Labute approximate surface area is 125 Å². The molecule has 1 fully saturated rings. The summed E-state index contributed by atoms with van der Waals surface area (Å²) < 4.78 is 65.3. The molecule has 7 heteroatoms. The van der Waals surface area contributed by atoms with E-state index in [4.69, 9.17) is 0 Å². The van der Waals surface area contributed by atoms with Gasteiger partial charge in [-0.1, -0.05) is 13.0 Å². The number of amides is 1. The van der Waals surface area contributed by atoms with Crippen LogP contribution >= 0.6 is 0 Å². The third kappa shape index (κ3) is 3.87. The van der Waals surface area contributed by atoms with Crippen molar-refractivity contribution in [3.63, 3.8) is 0 Å². The van der Waals surface area contributed by atoms with Gasteiger partial charge in [0, 0.05) is 18.9 Å². The lowest BCUT2D eigenvalue weighted by molar-refractivity contribution is -0.161. The van der Waals surface area contributed by atoms with Crippen molar-refractivity contribution in [2.24, 2.45) is 17.8 Å². The highest BCUT2D eigenvalue weighted by atomic mass is 19.4. The molecule has 2 nitrogen and oxygen atoms in total. The molecule has 0 aromatic carbocycles. The number of alkyl halides is 3. The maximum atomic E-state index is 14.1. The summed E-state index contributed by atoms with van der Waals surface area (Å²) in [6.07, 6.45) is -1.13. The Balaban J connectivity index is 2.20. The first-order valence-electron chi connectivity index (χ1n) is 7.27. The molecule has 0 radical (unpaired) electrons. The zero-order valence-corrected chi connectivity index (χ0v) is 12.2. The first-order chi connectivity index (χ1) is 10.2. The third-order valence-corrected chi connectivity index (χ3v) is 4.28. The minimum atomic E-state index is -4.50. The topological polar surface area (TPSA) is 20.3 Å². The van der Waals surface area contributed by atoms with Gasteiger partial charge in [0.2, 0.25) is 5.91 Å². The van der Waals surface area contributed by atoms with Crippen LogP contribution in [0.15, 0.2) is 23.8 Å². The van der Waals surface area contributed by atoms with Crippen molar-refractivity contribution in [1.82, 2.24) is 4.90 Å². The molecular formula is C15H18F5NO. The number of hydrogen-bond acceptors (Lipinski definition) is 1. The highest BCUT2D eigenvalue weighted by Crippen LogP contribution is 2.40. The van der Waals surface area contributed by atoms with Gasteiger partial charge >= 0.3 is 6.18 Å². The van der Waals surface area contributed by atoms with Crippen LogP contribution in [-0.4, -0.2) is 30.1 Å². The molecule has 22 heavy (non-hydrogen) atoms. The van der Waals surface area contributed by atoms with E-state index in [0.717, 1.165) is 11.0 Å². The molecule has 2 aliphatic rings. The van der Waals surface area contributed by atoms with Crippen molar-refractivity contribution in [3.8, 4) is 0 Å². The molecule has 0 N–H and O–H groups in total. The summed E-state index contributed by atoms with van der Waals surface area (Å²) in [5.74, 6) is -4.11.